The number of rotatable bonds is 4. The van der Waals surface area contributed by atoms with Crippen LogP contribution in [-0.2, 0) is 6.42 Å². The van der Waals surface area contributed by atoms with E-state index in [-0.39, 0.29) is 23.8 Å². The molecule has 3 rings (SSSR count). The Kier molecular flexibility index (Phi) is 4.34. The van der Waals surface area contributed by atoms with Crippen LogP contribution in [0.25, 0.3) is 0 Å². The minimum Gasteiger partial charge on any atom is -0.322 e. The zero-order chi connectivity index (χ0) is 16.2. The zero-order valence-electron chi connectivity index (χ0n) is 11.9. The van der Waals surface area contributed by atoms with Gasteiger partial charge in [-0.2, -0.15) is 0 Å². The summed E-state index contributed by atoms with van der Waals surface area (Å²) in [5.41, 5.74) is 0.816. The summed E-state index contributed by atoms with van der Waals surface area (Å²) in [6, 6.07) is 13.3. The maximum atomic E-state index is 13.6. The Morgan fingerprint density at radius 3 is 2.57 bits per heavy atom. The average Bonchev–Trinajstić information content (AvgIpc) is 2.54. The summed E-state index contributed by atoms with van der Waals surface area (Å²) in [4.78, 5) is 14.6. The van der Waals surface area contributed by atoms with Crippen LogP contribution in [0.3, 0.4) is 0 Å². The Balaban J connectivity index is 1.83. The molecule has 0 aliphatic carbocycles. The minimum absolute atomic E-state index is 0.0722. The molecule has 0 atom stereocenters. The third kappa shape index (κ3) is 3.54. The van der Waals surface area contributed by atoms with Crippen molar-refractivity contribution in [3.63, 3.8) is 0 Å². The minimum atomic E-state index is -0.449. The zero-order valence-corrected chi connectivity index (χ0v) is 12.6. The number of benzene rings is 2. The molecule has 0 spiro atoms. The number of hydrogen-bond donors (Lipinski definition) is 2. The average molecular weight is 331 g/mol. The number of halogens is 2. The Morgan fingerprint density at radius 1 is 1.09 bits per heavy atom. The molecule has 5 nitrogen and oxygen atoms in total. The first-order valence-electron chi connectivity index (χ1n) is 6.84. The first-order valence-corrected chi connectivity index (χ1v) is 7.22. The lowest BCUT2D eigenvalue weighted by Crippen LogP contribution is -2.19. The summed E-state index contributed by atoms with van der Waals surface area (Å²) in [5.74, 6) is -0.377. The van der Waals surface area contributed by atoms with Crippen molar-refractivity contribution in [1.82, 2.24) is 15.2 Å². The van der Waals surface area contributed by atoms with E-state index in [1.165, 1.54) is 12.1 Å². The number of H-pyrrole nitrogens is 1. The largest absolute Gasteiger partial charge is 0.322 e. The van der Waals surface area contributed by atoms with Crippen molar-refractivity contribution in [2.45, 2.75) is 6.42 Å². The van der Waals surface area contributed by atoms with Gasteiger partial charge in [-0.1, -0.05) is 41.9 Å². The topological polar surface area (TPSA) is 70.7 Å². The number of aromatic amines is 1. The Hall–Kier alpha value is -2.73. The van der Waals surface area contributed by atoms with Crippen LogP contribution in [0.5, 0.6) is 0 Å². The van der Waals surface area contributed by atoms with Crippen LogP contribution in [0, 0.1) is 5.82 Å². The van der Waals surface area contributed by atoms with Crippen molar-refractivity contribution in [1.29, 1.82) is 0 Å². The van der Waals surface area contributed by atoms with Gasteiger partial charge in [-0.15, -0.1) is 10.2 Å². The molecule has 0 saturated carbocycles. The lowest BCUT2D eigenvalue weighted by Gasteiger charge is -2.06. The van der Waals surface area contributed by atoms with Gasteiger partial charge in [0, 0.05) is 11.4 Å². The maximum absolute atomic E-state index is 13.6. The van der Waals surface area contributed by atoms with E-state index in [0.29, 0.717) is 5.02 Å². The van der Waals surface area contributed by atoms with Gasteiger partial charge in [-0.05, 0) is 23.8 Å². The number of anilines is 2. The van der Waals surface area contributed by atoms with E-state index in [0.717, 1.165) is 5.56 Å². The molecule has 0 amide bonds. The van der Waals surface area contributed by atoms with Gasteiger partial charge in [0.1, 0.15) is 11.5 Å². The molecule has 3 aromatic rings. The SMILES string of the molecule is O=c1[nH]c(Nc2ccccc2F)nnc1Cc1ccccc1Cl. The Labute approximate surface area is 136 Å². The predicted octanol–water partition coefficient (Wildman–Crippen LogP) is 3.29. The Bertz CT molecular complexity index is 897. The molecule has 2 aromatic carbocycles. The third-order valence-electron chi connectivity index (χ3n) is 3.21. The van der Waals surface area contributed by atoms with Gasteiger partial charge >= 0.3 is 0 Å². The van der Waals surface area contributed by atoms with Crippen LogP contribution in [0.1, 0.15) is 11.3 Å². The highest BCUT2D eigenvalue weighted by atomic mass is 35.5. The second kappa shape index (κ2) is 6.58. The van der Waals surface area contributed by atoms with Crippen LogP contribution in [0.2, 0.25) is 5.02 Å². The fourth-order valence-electron chi connectivity index (χ4n) is 2.04. The third-order valence-corrected chi connectivity index (χ3v) is 3.58. The predicted molar refractivity (Wildman–Crippen MR) is 86.6 cm³/mol. The lowest BCUT2D eigenvalue weighted by atomic mass is 10.1. The van der Waals surface area contributed by atoms with Crippen molar-refractivity contribution >= 4 is 23.2 Å². The molecular weight excluding hydrogens is 319 g/mol. The molecule has 0 saturated heterocycles. The molecule has 0 unspecified atom stereocenters. The van der Waals surface area contributed by atoms with Crippen LogP contribution >= 0.6 is 11.6 Å². The molecule has 0 radical (unpaired) electrons. The summed E-state index contributed by atoms with van der Waals surface area (Å²) in [6.45, 7) is 0. The van der Waals surface area contributed by atoms with Crippen molar-refractivity contribution in [2.75, 3.05) is 5.32 Å². The quantitative estimate of drug-likeness (QED) is 0.770. The lowest BCUT2D eigenvalue weighted by molar-refractivity contribution is 0.631. The highest BCUT2D eigenvalue weighted by molar-refractivity contribution is 6.31. The van der Waals surface area contributed by atoms with E-state index < -0.39 is 11.4 Å². The molecule has 0 bridgehead atoms. The second-order valence-electron chi connectivity index (χ2n) is 4.82. The van der Waals surface area contributed by atoms with Gasteiger partial charge in [0.2, 0.25) is 5.95 Å². The van der Waals surface area contributed by atoms with Crippen molar-refractivity contribution in [2.24, 2.45) is 0 Å². The normalized spacial score (nSPS) is 10.5. The first-order chi connectivity index (χ1) is 11.1. The van der Waals surface area contributed by atoms with Crippen molar-refractivity contribution in [3.05, 3.63) is 81.0 Å². The van der Waals surface area contributed by atoms with E-state index in [9.17, 15) is 9.18 Å². The van der Waals surface area contributed by atoms with Gasteiger partial charge in [0.15, 0.2) is 0 Å². The van der Waals surface area contributed by atoms with Crippen LogP contribution < -0.4 is 10.9 Å². The number of nitrogens with one attached hydrogen (secondary N) is 2. The van der Waals surface area contributed by atoms with E-state index in [1.807, 2.05) is 18.2 Å². The molecule has 116 valence electrons. The number of aromatic nitrogens is 3. The Morgan fingerprint density at radius 2 is 1.83 bits per heavy atom. The smallest absolute Gasteiger partial charge is 0.274 e. The standard InChI is InChI=1S/C16H12ClFN4O/c17-11-6-2-1-5-10(11)9-14-15(23)20-16(22-21-14)19-13-8-4-3-7-12(13)18/h1-8H,9H2,(H2,19,20,22,23). The van der Waals surface area contributed by atoms with Crippen LogP contribution in [-0.4, -0.2) is 15.2 Å². The van der Waals surface area contributed by atoms with Gasteiger partial charge in [-0.3, -0.25) is 9.78 Å². The summed E-state index contributed by atoms with van der Waals surface area (Å²) < 4.78 is 13.6. The molecule has 1 heterocycles. The highest BCUT2D eigenvalue weighted by Gasteiger charge is 2.09. The summed E-state index contributed by atoms with van der Waals surface area (Å²) in [6.07, 6.45) is 0.266. The van der Waals surface area contributed by atoms with Gasteiger partial charge in [0.05, 0.1) is 5.69 Å². The number of nitrogens with zero attached hydrogens (tertiary/aromatic N) is 2. The number of hydrogen-bond acceptors (Lipinski definition) is 4. The molecule has 2 N–H and O–H groups in total. The van der Waals surface area contributed by atoms with Crippen molar-refractivity contribution < 1.29 is 4.39 Å². The molecular formula is C16H12ClFN4O. The molecule has 0 aliphatic heterocycles. The molecule has 0 aliphatic rings. The van der Waals surface area contributed by atoms with E-state index in [2.05, 4.69) is 20.5 Å². The summed E-state index contributed by atoms with van der Waals surface area (Å²) in [7, 11) is 0. The van der Waals surface area contributed by atoms with Gasteiger partial charge < -0.3 is 5.32 Å². The van der Waals surface area contributed by atoms with Crippen LogP contribution in [0.15, 0.2) is 53.3 Å². The van der Waals surface area contributed by atoms with E-state index in [4.69, 9.17) is 11.6 Å². The fourth-order valence-corrected chi connectivity index (χ4v) is 2.25. The highest BCUT2D eigenvalue weighted by Crippen LogP contribution is 2.18. The van der Waals surface area contributed by atoms with Crippen LogP contribution in [0.4, 0.5) is 16.0 Å². The molecule has 7 heteroatoms. The van der Waals surface area contributed by atoms with Gasteiger partial charge in [-0.25, -0.2) is 4.39 Å². The van der Waals surface area contributed by atoms with E-state index >= 15 is 0 Å². The summed E-state index contributed by atoms with van der Waals surface area (Å²) >= 11 is 6.07. The molecule has 0 fully saturated rings. The van der Waals surface area contributed by atoms with Crippen molar-refractivity contribution in [3.8, 4) is 0 Å². The monoisotopic (exact) mass is 330 g/mol. The molecule has 1 aromatic heterocycles. The summed E-state index contributed by atoms with van der Waals surface area (Å²) in [5, 5.41) is 11.0. The van der Waals surface area contributed by atoms with E-state index in [1.54, 1.807) is 18.2 Å². The fraction of sp³-hybridized carbons (Fsp3) is 0.0625. The second-order valence-corrected chi connectivity index (χ2v) is 5.23. The number of para-hydroxylation sites is 1. The maximum Gasteiger partial charge on any atom is 0.274 e. The molecule has 23 heavy (non-hydrogen) atoms. The first kappa shape index (κ1) is 15.2. The van der Waals surface area contributed by atoms with Gasteiger partial charge in [0.25, 0.3) is 5.56 Å².